The SMILES string of the molecule is CCNC(=NCc1ccccc1CO)N(C)Cc1cn(C)nc1C(C)C. The van der Waals surface area contributed by atoms with Crippen LogP contribution in [0.2, 0.25) is 0 Å². The highest BCUT2D eigenvalue weighted by Gasteiger charge is 2.15. The van der Waals surface area contributed by atoms with Gasteiger partial charge in [-0.15, -0.1) is 0 Å². The number of aromatic nitrogens is 2. The standard InChI is InChI=1S/C20H31N5O/c1-6-21-20(22-11-16-9-7-8-10-17(16)14-26)24(4)12-18-13-25(5)23-19(18)15(2)3/h7-10,13,15,26H,6,11-12,14H2,1-5H3,(H,21,22). The van der Waals surface area contributed by atoms with E-state index < -0.39 is 0 Å². The number of nitrogens with zero attached hydrogens (tertiary/aromatic N) is 4. The number of hydrogen-bond acceptors (Lipinski definition) is 3. The van der Waals surface area contributed by atoms with Gasteiger partial charge >= 0.3 is 0 Å². The number of rotatable bonds is 7. The van der Waals surface area contributed by atoms with E-state index in [9.17, 15) is 5.11 Å². The molecule has 0 aliphatic heterocycles. The van der Waals surface area contributed by atoms with Crippen LogP contribution in [0.3, 0.4) is 0 Å². The smallest absolute Gasteiger partial charge is 0.194 e. The molecule has 0 fully saturated rings. The largest absolute Gasteiger partial charge is 0.392 e. The maximum absolute atomic E-state index is 9.49. The quantitative estimate of drug-likeness (QED) is 0.591. The third-order valence-corrected chi connectivity index (χ3v) is 4.28. The summed E-state index contributed by atoms with van der Waals surface area (Å²) in [4.78, 5) is 6.88. The van der Waals surface area contributed by atoms with E-state index in [1.807, 2.05) is 43.0 Å². The van der Waals surface area contributed by atoms with E-state index in [0.29, 0.717) is 12.5 Å². The number of aliphatic imine (C=N–C) groups is 1. The van der Waals surface area contributed by atoms with Crippen LogP contribution < -0.4 is 5.32 Å². The number of aryl methyl sites for hydroxylation is 1. The summed E-state index contributed by atoms with van der Waals surface area (Å²) < 4.78 is 1.88. The van der Waals surface area contributed by atoms with Crippen molar-refractivity contribution < 1.29 is 5.11 Å². The van der Waals surface area contributed by atoms with Crippen LogP contribution in [0.1, 0.15) is 49.1 Å². The molecule has 1 aromatic carbocycles. The molecule has 142 valence electrons. The summed E-state index contributed by atoms with van der Waals surface area (Å²) >= 11 is 0. The minimum atomic E-state index is 0.0332. The Labute approximate surface area is 156 Å². The number of nitrogens with one attached hydrogen (secondary N) is 1. The van der Waals surface area contributed by atoms with Gasteiger partial charge in [0, 0.05) is 38.9 Å². The van der Waals surface area contributed by atoms with Crippen molar-refractivity contribution in [2.24, 2.45) is 12.0 Å². The molecule has 0 bridgehead atoms. The van der Waals surface area contributed by atoms with Gasteiger partial charge in [0.15, 0.2) is 5.96 Å². The molecule has 0 saturated heterocycles. The van der Waals surface area contributed by atoms with Crippen molar-refractivity contribution in [3.63, 3.8) is 0 Å². The van der Waals surface area contributed by atoms with Crippen molar-refractivity contribution in [2.75, 3.05) is 13.6 Å². The zero-order valence-electron chi connectivity index (χ0n) is 16.5. The normalized spacial score (nSPS) is 11.9. The maximum Gasteiger partial charge on any atom is 0.194 e. The zero-order chi connectivity index (χ0) is 19.1. The summed E-state index contributed by atoms with van der Waals surface area (Å²) in [6.07, 6.45) is 2.08. The van der Waals surface area contributed by atoms with Crippen LogP contribution in [-0.2, 0) is 26.7 Å². The molecule has 0 aliphatic rings. The molecule has 6 heteroatoms. The van der Waals surface area contributed by atoms with Crippen LogP contribution in [0.4, 0.5) is 0 Å². The Kier molecular flexibility index (Phi) is 7.21. The second-order valence-corrected chi connectivity index (χ2v) is 6.82. The average molecular weight is 358 g/mol. The Bertz CT molecular complexity index is 736. The summed E-state index contributed by atoms with van der Waals surface area (Å²) in [5.41, 5.74) is 4.30. The molecular formula is C20H31N5O. The lowest BCUT2D eigenvalue weighted by atomic mass is 10.1. The monoisotopic (exact) mass is 357 g/mol. The Morgan fingerprint density at radius 3 is 2.58 bits per heavy atom. The predicted octanol–water partition coefficient (Wildman–Crippen LogP) is 2.63. The van der Waals surface area contributed by atoms with Crippen LogP contribution in [0.25, 0.3) is 0 Å². The first kappa shape index (κ1) is 20.0. The molecule has 1 heterocycles. The number of aliphatic hydroxyl groups excluding tert-OH is 1. The summed E-state index contributed by atoms with van der Waals surface area (Å²) in [5.74, 6) is 1.23. The van der Waals surface area contributed by atoms with Gasteiger partial charge in [-0.2, -0.15) is 5.10 Å². The molecule has 1 aromatic heterocycles. The van der Waals surface area contributed by atoms with Gasteiger partial charge in [0.2, 0.25) is 0 Å². The van der Waals surface area contributed by atoms with Crippen molar-refractivity contribution in [1.29, 1.82) is 0 Å². The topological polar surface area (TPSA) is 65.7 Å². The van der Waals surface area contributed by atoms with Gasteiger partial charge in [0.1, 0.15) is 0 Å². The number of guanidine groups is 1. The number of aliphatic hydroxyl groups is 1. The van der Waals surface area contributed by atoms with E-state index in [1.165, 1.54) is 5.56 Å². The molecule has 2 N–H and O–H groups in total. The lowest BCUT2D eigenvalue weighted by Gasteiger charge is -2.22. The van der Waals surface area contributed by atoms with Crippen LogP contribution >= 0.6 is 0 Å². The number of hydrogen-bond donors (Lipinski definition) is 2. The fraction of sp³-hybridized carbons (Fsp3) is 0.500. The fourth-order valence-electron chi connectivity index (χ4n) is 2.99. The molecule has 0 saturated carbocycles. The third-order valence-electron chi connectivity index (χ3n) is 4.28. The predicted molar refractivity (Wildman–Crippen MR) is 106 cm³/mol. The van der Waals surface area contributed by atoms with Crippen molar-refractivity contribution in [1.82, 2.24) is 20.0 Å². The molecule has 0 atom stereocenters. The first-order valence-electron chi connectivity index (χ1n) is 9.15. The Balaban J connectivity index is 2.18. The molecule has 0 spiro atoms. The number of benzene rings is 1. The van der Waals surface area contributed by atoms with E-state index in [-0.39, 0.29) is 6.61 Å². The first-order chi connectivity index (χ1) is 12.5. The van der Waals surface area contributed by atoms with Gasteiger partial charge in [-0.1, -0.05) is 38.1 Å². The van der Waals surface area contributed by atoms with Crippen LogP contribution in [-0.4, -0.2) is 39.3 Å². The van der Waals surface area contributed by atoms with E-state index in [4.69, 9.17) is 4.99 Å². The highest BCUT2D eigenvalue weighted by molar-refractivity contribution is 5.79. The van der Waals surface area contributed by atoms with Gasteiger partial charge in [0.25, 0.3) is 0 Å². The van der Waals surface area contributed by atoms with E-state index >= 15 is 0 Å². The minimum Gasteiger partial charge on any atom is -0.392 e. The molecular weight excluding hydrogens is 326 g/mol. The highest BCUT2D eigenvalue weighted by atomic mass is 16.3. The Hall–Kier alpha value is -2.34. The summed E-state index contributed by atoms with van der Waals surface area (Å²) in [5, 5.41) is 17.4. The second kappa shape index (κ2) is 9.38. The Morgan fingerprint density at radius 2 is 1.96 bits per heavy atom. The lowest BCUT2D eigenvalue weighted by molar-refractivity contribution is 0.280. The first-order valence-corrected chi connectivity index (χ1v) is 9.15. The van der Waals surface area contributed by atoms with Crippen molar-refractivity contribution in [3.05, 3.63) is 52.8 Å². The maximum atomic E-state index is 9.49. The third kappa shape index (κ3) is 5.08. The molecule has 0 unspecified atom stereocenters. The summed E-state index contributed by atoms with van der Waals surface area (Å²) in [6.45, 7) is 8.51. The molecule has 2 aromatic rings. The summed E-state index contributed by atoms with van der Waals surface area (Å²) in [6, 6.07) is 7.86. The van der Waals surface area contributed by atoms with Gasteiger partial charge in [-0.3, -0.25) is 4.68 Å². The molecule has 0 aliphatic carbocycles. The van der Waals surface area contributed by atoms with Gasteiger partial charge in [0.05, 0.1) is 18.8 Å². The molecule has 2 rings (SSSR count). The van der Waals surface area contributed by atoms with Crippen LogP contribution in [0.15, 0.2) is 35.5 Å². The summed E-state index contributed by atoms with van der Waals surface area (Å²) in [7, 11) is 4.00. The van der Waals surface area contributed by atoms with E-state index in [2.05, 4.69) is 42.3 Å². The van der Waals surface area contributed by atoms with Gasteiger partial charge in [-0.05, 0) is 24.0 Å². The minimum absolute atomic E-state index is 0.0332. The van der Waals surface area contributed by atoms with Crippen molar-refractivity contribution in [2.45, 2.75) is 46.4 Å². The highest BCUT2D eigenvalue weighted by Crippen LogP contribution is 2.18. The zero-order valence-corrected chi connectivity index (χ0v) is 16.5. The van der Waals surface area contributed by atoms with Gasteiger partial charge in [-0.25, -0.2) is 4.99 Å². The second-order valence-electron chi connectivity index (χ2n) is 6.82. The van der Waals surface area contributed by atoms with Crippen molar-refractivity contribution >= 4 is 5.96 Å². The average Bonchev–Trinajstić information content (AvgIpc) is 2.99. The molecule has 26 heavy (non-hydrogen) atoms. The molecule has 0 amide bonds. The fourth-order valence-corrected chi connectivity index (χ4v) is 2.99. The van der Waals surface area contributed by atoms with E-state index in [1.54, 1.807) is 0 Å². The van der Waals surface area contributed by atoms with Gasteiger partial charge < -0.3 is 15.3 Å². The van der Waals surface area contributed by atoms with Crippen LogP contribution in [0.5, 0.6) is 0 Å². The van der Waals surface area contributed by atoms with Crippen LogP contribution in [0, 0.1) is 0 Å². The Morgan fingerprint density at radius 1 is 1.27 bits per heavy atom. The molecule has 6 nitrogen and oxygen atoms in total. The van der Waals surface area contributed by atoms with E-state index in [0.717, 1.165) is 35.9 Å². The van der Waals surface area contributed by atoms with Crippen molar-refractivity contribution in [3.8, 4) is 0 Å². The molecule has 0 radical (unpaired) electrons. The lowest BCUT2D eigenvalue weighted by Crippen LogP contribution is -2.38.